The van der Waals surface area contributed by atoms with Crippen LogP contribution >= 0.6 is 12.4 Å². The highest BCUT2D eigenvalue weighted by Gasteiger charge is 2.30. The van der Waals surface area contributed by atoms with E-state index in [1.165, 1.54) is 12.1 Å². The SMILES string of the molecule is Cl.O=C(COc1cccc(C(F)(F)F)c1)NCCC1CCCNC1. The molecule has 1 saturated heterocycles. The minimum Gasteiger partial charge on any atom is -0.484 e. The highest BCUT2D eigenvalue weighted by atomic mass is 35.5. The summed E-state index contributed by atoms with van der Waals surface area (Å²) in [5.41, 5.74) is -0.791. The zero-order chi connectivity index (χ0) is 16.7. The van der Waals surface area contributed by atoms with Crippen molar-refractivity contribution in [3.05, 3.63) is 29.8 Å². The number of carbonyl (C=O) groups is 1. The van der Waals surface area contributed by atoms with E-state index in [0.29, 0.717) is 12.5 Å². The van der Waals surface area contributed by atoms with E-state index in [2.05, 4.69) is 10.6 Å². The fourth-order valence-electron chi connectivity index (χ4n) is 2.55. The maximum absolute atomic E-state index is 12.6. The molecule has 0 spiro atoms. The molecule has 4 nitrogen and oxygen atoms in total. The molecule has 2 N–H and O–H groups in total. The van der Waals surface area contributed by atoms with Gasteiger partial charge in [-0.25, -0.2) is 0 Å². The number of halogens is 4. The van der Waals surface area contributed by atoms with Crippen LogP contribution in [0, 0.1) is 5.92 Å². The molecule has 0 radical (unpaired) electrons. The van der Waals surface area contributed by atoms with Crippen LogP contribution in [-0.2, 0) is 11.0 Å². The van der Waals surface area contributed by atoms with Crippen LogP contribution in [0.4, 0.5) is 13.2 Å². The van der Waals surface area contributed by atoms with Crippen molar-refractivity contribution in [1.29, 1.82) is 0 Å². The van der Waals surface area contributed by atoms with Crippen molar-refractivity contribution in [2.45, 2.75) is 25.4 Å². The van der Waals surface area contributed by atoms with E-state index in [-0.39, 0.29) is 30.7 Å². The van der Waals surface area contributed by atoms with Crippen molar-refractivity contribution < 1.29 is 22.7 Å². The number of ether oxygens (including phenoxy) is 1. The third-order valence-corrected chi connectivity index (χ3v) is 3.80. The van der Waals surface area contributed by atoms with Gasteiger partial charge in [0, 0.05) is 6.54 Å². The van der Waals surface area contributed by atoms with Crippen LogP contribution in [0.1, 0.15) is 24.8 Å². The van der Waals surface area contributed by atoms with Gasteiger partial charge in [0.25, 0.3) is 5.91 Å². The number of alkyl halides is 3. The van der Waals surface area contributed by atoms with Crippen LogP contribution in [-0.4, -0.2) is 32.1 Å². The number of piperidine rings is 1. The molecule has 8 heteroatoms. The Labute approximate surface area is 145 Å². The minimum atomic E-state index is -4.42. The predicted octanol–water partition coefficient (Wildman–Crippen LogP) is 3.01. The zero-order valence-corrected chi connectivity index (χ0v) is 14.0. The number of nitrogens with one attached hydrogen (secondary N) is 2. The Morgan fingerprint density at radius 3 is 2.83 bits per heavy atom. The van der Waals surface area contributed by atoms with Gasteiger partial charge < -0.3 is 15.4 Å². The molecule has 1 aliphatic rings. The fourth-order valence-corrected chi connectivity index (χ4v) is 2.55. The van der Waals surface area contributed by atoms with Gasteiger partial charge in [0.2, 0.25) is 0 Å². The molecule has 1 heterocycles. The third kappa shape index (κ3) is 6.97. The van der Waals surface area contributed by atoms with Gasteiger partial charge in [0.15, 0.2) is 6.61 Å². The van der Waals surface area contributed by atoms with Crippen LogP contribution in [0.5, 0.6) is 5.75 Å². The topological polar surface area (TPSA) is 50.4 Å². The Bertz CT molecular complexity index is 520. The number of hydrogen-bond donors (Lipinski definition) is 2. The Morgan fingerprint density at radius 1 is 1.38 bits per heavy atom. The largest absolute Gasteiger partial charge is 0.484 e. The van der Waals surface area contributed by atoms with Crippen molar-refractivity contribution in [2.24, 2.45) is 5.92 Å². The highest BCUT2D eigenvalue weighted by Crippen LogP contribution is 2.31. The lowest BCUT2D eigenvalue weighted by Crippen LogP contribution is -2.34. The van der Waals surface area contributed by atoms with Crippen LogP contribution in [0.3, 0.4) is 0 Å². The van der Waals surface area contributed by atoms with E-state index < -0.39 is 11.7 Å². The van der Waals surface area contributed by atoms with Gasteiger partial charge in [-0.3, -0.25) is 4.79 Å². The first-order valence-corrected chi connectivity index (χ1v) is 7.72. The Hall–Kier alpha value is -1.47. The summed E-state index contributed by atoms with van der Waals surface area (Å²) in [7, 11) is 0. The molecule has 1 atom stereocenters. The summed E-state index contributed by atoms with van der Waals surface area (Å²) < 4.78 is 42.8. The molecule has 1 aromatic carbocycles. The quantitative estimate of drug-likeness (QED) is 0.813. The number of rotatable bonds is 6. The predicted molar refractivity (Wildman–Crippen MR) is 87.4 cm³/mol. The summed E-state index contributed by atoms with van der Waals surface area (Å²) in [5.74, 6) is 0.270. The van der Waals surface area contributed by atoms with Crippen LogP contribution < -0.4 is 15.4 Å². The third-order valence-electron chi connectivity index (χ3n) is 3.80. The zero-order valence-electron chi connectivity index (χ0n) is 13.2. The van der Waals surface area contributed by atoms with E-state index in [0.717, 1.165) is 44.5 Å². The monoisotopic (exact) mass is 366 g/mol. The van der Waals surface area contributed by atoms with E-state index >= 15 is 0 Å². The molecule has 136 valence electrons. The lowest BCUT2D eigenvalue weighted by atomic mass is 9.96. The van der Waals surface area contributed by atoms with E-state index in [9.17, 15) is 18.0 Å². The van der Waals surface area contributed by atoms with Crippen LogP contribution in [0.15, 0.2) is 24.3 Å². The van der Waals surface area contributed by atoms with Gasteiger partial charge in [-0.2, -0.15) is 13.2 Å². The summed E-state index contributed by atoms with van der Waals surface area (Å²) in [6, 6.07) is 4.51. The van der Waals surface area contributed by atoms with Crippen LogP contribution in [0.25, 0.3) is 0 Å². The van der Waals surface area contributed by atoms with Crippen molar-refractivity contribution in [1.82, 2.24) is 10.6 Å². The minimum absolute atomic E-state index is 0. The second kappa shape index (κ2) is 9.74. The molecule has 0 aromatic heterocycles. The highest BCUT2D eigenvalue weighted by molar-refractivity contribution is 5.85. The summed E-state index contributed by atoms with van der Waals surface area (Å²) >= 11 is 0. The first kappa shape index (κ1) is 20.6. The Morgan fingerprint density at radius 2 is 2.17 bits per heavy atom. The van der Waals surface area contributed by atoms with Gasteiger partial charge in [-0.1, -0.05) is 6.07 Å². The average molecular weight is 367 g/mol. The summed E-state index contributed by atoms with van der Waals surface area (Å²) in [6.45, 7) is 2.28. The molecule has 0 bridgehead atoms. The van der Waals surface area contributed by atoms with Gasteiger partial charge in [-0.15, -0.1) is 12.4 Å². The summed E-state index contributed by atoms with van der Waals surface area (Å²) in [4.78, 5) is 11.7. The first-order chi connectivity index (χ1) is 10.9. The van der Waals surface area contributed by atoms with E-state index in [1.807, 2.05) is 0 Å². The van der Waals surface area contributed by atoms with Crippen molar-refractivity contribution in [2.75, 3.05) is 26.2 Å². The molecule has 1 aliphatic heterocycles. The molecule has 0 aliphatic carbocycles. The van der Waals surface area contributed by atoms with Crippen LogP contribution in [0.2, 0.25) is 0 Å². The first-order valence-electron chi connectivity index (χ1n) is 7.72. The fraction of sp³-hybridized carbons (Fsp3) is 0.562. The normalized spacial score (nSPS) is 17.7. The standard InChI is InChI=1S/C16H21F3N2O2.ClH/c17-16(18,19)13-4-1-5-14(9-13)23-11-15(22)21-8-6-12-3-2-7-20-10-12;/h1,4-5,9,12,20H,2-3,6-8,10-11H2,(H,21,22);1H. The molecule has 24 heavy (non-hydrogen) atoms. The van der Waals surface area contributed by atoms with Gasteiger partial charge in [-0.05, 0) is 56.5 Å². The molecule has 1 amide bonds. The molecular weight excluding hydrogens is 345 g/mol. The molecule has 2 rings (SSSR count). The number of amides is 1. The summed E-state index contributed by atoms with van der Waals surface area (Å²) in [5, 5.41) is 6.04. The van der Waals surface area contributed by atoms with Crippen molar-refractivity contribution in [3.8, 4) is 5.75 Å². The van der Waals surface area contributed by atoms with E-state index in [4.69, 9.17) is 4.74 Å². The number of hydrogen-bond acceptors (Lipinski definition) is 3. The van der Waals surface area contributed by atoms with Crippen molar-refractivity contribution in [3.63, 3.8) is 0 Å². The molecule has 0 saturated carbocycles. The molecular formula is C16H22ClF3N2O2. The van der Waals surface area contributed by atoms with Gasteiger partial charge in [0.05, 0.1) is 5.56 Å². The summed E-state index contributed by atoms with van der Waals surface area (Å²) in [6.07, 6.45) is -1.22. The number of carbonyl (C=O) groups excluding carboxylic acids is 1. The molecule has 1 unspecified atom stereocenters. The second-order valence-electron chi connectivity index (χ2n) is 5.67. The smallest absolute Gasteiger partial charge is 0.416 e. The Kier molecular flexibility index (Phi) is 8.35. The molecule has 1 fully saturated rings. The van der Waals surface area contributed by atoms with Gasteiger partial charge >= 0.3 is 6.18 Å². The maximum atomic E-state index is 12.6. The molecule has 1 aromatic rings. The lowest BCUT2D eigenvalue weighted by molar-refractivity contribution is -0.137. The average Bonchev–Trinajstić information content (AvgIpc) is 2.53. The lowest BCUT2D eigenvalue weighted by Gasteiger charge is -2.22. The van der Waals surface area contributed by atoms with E-state index in [1.54, 1.807) is 0 Å². The van der Waals surface area contributed by atoms with Gasteiger partial charge in [0.1, 0.15) is 5.75 Å². The number of benzene rings is 1. The Balaban J connectivity index is 0.00000288. The van der Waals surface area contributed by atoms with Crippen molar-refractivity contribution >= 4 is 18.3 Å². The maximum Gasteiger partial charge on any atom is 0.416 e. The second-order valence-corrected chi connectivity index (χ2v) is 5.67.